The van der Waals surface area contributed by atoms with Crippen LogP contribution in [0, 0.1) is 5.82 Å². The molecule has 1 rings (SSSR count). The molecule has 0 saturated heterocycles. The number of rotatable bonds is 5. The lowest BCUT2D eigenvalue weighted by Crippen LogP contribution is -2.57. The fourth-order valence-electron chi connectivity index (χ4n) is 1.18. The summed E-state index contributed by atoms with van der Waals surface area (Å²) in [6, 6.07) is 4.77. The maximum atomic E-state index is 12.6. The number of aliphatic hydroxyl groups is 3. The van der Waals surface area contributed by atoms with Crippen LogP contribution in [0.5, 0.6) is 0 Å². The summed E-state index contributed by atoms with van der Waals surface area (Å²) in [5.74, 6) is -1.08. The Bertz CT molecular complexity index is 367. The minimum absolute atomic E-state index is 0.172. The number of benzene rings is 1. The Labute approximate surface area is 97.5 Å². The Balaban J connectivity index is 2.81. The van der Waals surface area contributed by atoms with E-state index in [9.17, 15) is 9.18 Å². The average molecular weight is 243 g/mol. The van der Waals surface area contributed by atoms with E-state index >= 15 is 0 Å². The third kappa shape index (κ3) is 3.23. The fourth-order valence-corrected chi connectivity index (χ4v) is 1.18. The van der Waals surface area contributed by atoms with Crippen LogP contribution >= 0.6 is 0 Å². The van der Waals surface area contributed by atoms with E-state index in [-0.39, 0.29) is 5.56 Å². The maximum Gasteiger partial charge on any atom is 0.251 e. The molecule has 0 radical (unpaired) electrons. The van der Waals surface area contributed by atoms with Gasteiger partial charge in [0.15, 0.2) is 0 Å². The van der Waals surface area contributed by atoms with Crippen molar-refractivity contribution < 1.29 is 24.5 Å². The van der Waals surface area contributed by atoms with Crippen LogP contribution < -0.4 is 5.32 Å². The van der Waals surface area contributed by atoms with Gasteiger partial charge in [0.2, 0.25) is 0 Å². The van der Waals surface area contributed by atoms with Gasteiger partial charge in [-0.15, -0.1) is 0 Å². The molecule has 0 unspecified atom stereocenters. The first-order chi connectivity index (χ1) is 8.06. The van der Waals surface area contributed by atoms with E-state index in [1.54, 1.807) is 0 Å². The van der Waals surface area contributed by atoms with Crippen LogP contribution in [-0.4, -0.2) is 46.6 Å². The predicted molar refractivity (Wildman–Crippen MR) is 57.9 cm³/mol. The molecule has 17 heavy (non-hydrogen) atoms. The number of carbonyl (C=O) groups excluding carboxylic acids is 1. The molecular formula is C11H14FNO4. The largest absolute Gasteiger partial charge is 0.394 e. The topological polar surface area (TPSA) is 89.8 Å². The molecule has 0 bridgehead atoms. The molecule has 94 valence electrons. The second kappa shape index (κ2) is 5.72. The number of nitrogens with one attached hydrogen (secondary N) is 1. The fraction of sp³-hybridized carbons (Fsp3) is 0.364. The molecule has 0 heterocycles. The van der Waals surface area contributed by atoms with Gasteiger partial charge in [-0.05, 0) is 24.3 Å². The van der Waals surface area contributed by atoms with E-state index in [0.29, 0.717) is 0 Å². The summed E-state index contributed by atoms with van der Waals surface area (Å²) in [5.41, 5.74) is -1.31. The Hall–Kier alpha value is -1.50. The third-order valence-electron chi connectivity index (χ3n) is 2.39. The third-order valence-corrected chi connectivity index (χ3v) is 2.39. The summed E-state index contributed by atoms with van der Waals surface area (Å²) in [7, 11) is 0. The lowest BCUT2D eigenvalue weighted by molar-refractivity contribution is 0.0375. The van der Waals surface area contributed by atoms with E-state index in [0.717, 1.165) is 12.1 Å². The van der Waals surface area contributed by atoms with Crippen LogP contribution in [0.25, 0.3) is 0 Å². The van der Waals surface area contributed by atoms with Crippen molar-refractivity contribution in [2.75, 3.05) is 19.8 Å². The molecule has 4 N–H and O–H groups in total. The molecule has 0 atom stereocenters. The van der Waals surface area contributed by atoms with E-state index in [1.165, 1.54) is 12.1 Å². The van der Waals surface area contributed by atoms with Crippen molar-refractivity contribution in [1.29, 1.82) is 0 Å². The summed E-state index contributed by atoms with van der Waals surface area (Å²) in [5, 5.41) is 29.4. The Morgan fingerprint density at radius 1 is 1.12 bits per heavy atom. The van der Waals surface area contributed by atoms with Crippen LogP contribution in [-0.2, 0) is 0 Å². The summed E-state index contributed by atoms with van der Waals surface area (Å²) in [4.78, 5) is 11.7. The Kier molecular flexibility index (Phi) is 4.56. The molecule has 1 aromatic rings. The summed E-state index contributed by atoms with van der Waals surface area (Å²) >= 11 is 0. The maximum absolute atomic E-state index is 12.6. The first-order valence-corrected chi connectivity index (χ1v) is 4.97. The zero-order valence-electron chi connectivity index (χ0n) is 9.06. The van der Waals surface area contributed by atoms with Crippen LogP contribution in [0.4, 0.5) is 4.39 Å². The molecule has 0 aromatic heterocycles. The van der Waals surface area contributed by atoms with Crippen molar-refractivity contribution in [2.24, 2.45) is 0 Å². The SMILES string of the molecule is O=C(NC(CO)(CO)CO)c1ccc(F)cc1. The van der Waals surface area contributed by atoms with Gasteiger partial charge in [0, 0.05) is 5.56 Å². The van der Waals surface area contributed by atoms with Crippen LogP contribution in [0.15, 0.2) is 24.3 Å². The van der Waals surface area contributed by atoms with Gasteiger partial charge in [-0.1, -0.05) is 0 Å². The molecular weight excluding hydrogens is 229 g/mol. The summed E-state index contributed by atoms with van der Waals surface area (Å²) < 4.78 is 12.6. The zero-order valence-corrected chi connectivity index (χ0v) is 9.06. The zero-order chi connectivity index (χ0) is 12.9. The molecule has 6 heteroatoms. The Morgan fingerprint density at radius 2 is 1.59 bits per heavy atom. The smallest absolute Gasteiger partial charge is 0.251 e. The van der Waals surface area contributed by atoms with Gasteiger partial charge in [0.25, 0.3) is 5.91 Å². The van der Waals surface area contributed by atoms with Crippen molar-refractivity contribution >= 4 is 5.91 Å². The number of carbonyl (C=O) groups is 1. The number of hydrogen-bond acceptors (Lipinski definition) is 4. The minimum atomic E-state index is -1.48. The van der Waals surface area contributed by atoms with Gasteiger partial charge in [-0.25, -0.2) is 4.39 Å². The molecule has 0 aliphatic heterocycles. The highest BCUT2D eigenvalue weighted by Gasteiger charge is 2.30. The van der Waals surface area contributed by atoms with Crippen molar-refractivity contribution in [3.63, 3.8) is 0 Å². The van der Waals surface area contributed by atoms with Crippen LogP contribution in [0.3, 0.4) is 0 Å². The normalized spacial score (nSPS) is 11.3. The second-order valence-corrected chi connectivity index (χ2v) is 3.72. The highest BCUT2D eigenvalue weighted by Crippen LogP contribution is 2.07. The quantitative estimate of drug-likeness (QED) is 0.549. The van der Waals surface area contributed by atoms with E-state index in [2.05, 4.69) is 5.32 Å². The molecule has 0 spiro atoms. The standard InChI is InChI=1S/C11H14FNO4/c12-9-3-1-8(2-4-9)10(17)13-11(5-14,6-15)7-16/h1-4,14-16H,5-7H2,(H,13,17). The first kappa shape index (κ1) is 13.6. The Morgan fingerprint density at radius 3 is 2.00 bits per heavy atom. The van der Waals surface area contributed by atoms with Crippen molar-refractivity contribution in [3.8, 4) is 0 Å². The van der Waals surface area contributed by atoms with E-state index in [4.69, 9.17) is 15.3 Å². The summed E-state index contributed by atoms with van der Waals surface area (Å²) in [6.45, 7) is -1.81. The molecule has 0 fully saturated rings. The van der Waals surface area contributed by atoms with Crippen LogP contribution in [0.2, 0.25) is 0 Å². The lowest BCUT2D eigenvalue weighted by Gasteiger charge is -2.28. The predicted octanol–water partition coefficient (Wildman–Crippen LogP) is -0.729. The van der Waals surface area contributed by atoms with E-state index in [1.807, 2.05) is 0 Å². The lowest BCUT2D eigenvalue weighted by atomic mass is 10.0. The van der Waals surface area contributed by atoms with Gasteiger partial charge < -0.3 is 20.6 Å². The molecule has 0 saturated carbocycles. The van der Waals surface area contributed by atoms with Gasteiger partial charge in [0.05, 0.1) is 19.8 Å². The van der Waals surface area contributed by atoms with Crippen molar-refractivity contribution in [1.82, 2.24) is 5.32 Å². The van der Waals surface area contributed by atoms with Crippen molar-refractivity contribution in [3.05, 3.63) is 35.6 Å². The summed E-state index contributed by atoms with van der Waals surface area (Å²) in [6.07, 6.45) is 0. The molecule has 0 aliphatic rings. The highest BCUT2D eigenvalue weighted by atomic mass is 19.1. The number of aliphatic hydroxyl groups excluding tert-OH is 3. The average Bonchev–Trinajstić information content (AvgIpc) is 2.37. The number of amides is 1. The molecule has 1 aromatic carbocycles. The monoisotopic (exact) mass is 243 g/mol. The molecule has 1 amide bonds. The molecule has 5 nitrogen and oxygen atoms in total. The second-order valence-electron chi connectivity index (χ2n) is 3.72. The number of hydrogen-bond donors (Lipinski definition) is 4. The van der Waals surface area contributed by atoms with Gasteiger partial charge in [-0.3, -0.25) is 4.79 Å². The van der Waals surface area contributed by atoms with Crippen molar-refractivity contribution in [2.45, 2.75) is 5.54 Å². The first-order valence-electron chi connectivity index (χ1n) is 4.97. The van der Waals surface area contributed by atoms with E-state index < -0.39 is 37.1 Å². The van der Waals surface area contributed by atoms with Gasteiger partial charge in [-0.2, -0.15) is 0 Å². The number of halogens is 1. The minimum Gasteiger partial charge on any atom is -0.394 e. The van der Waals surface area contributed by atoms with Gasteiger partial charge >= 0.3 is 0 Å². The van der Waals surface area contributed by atoms with Gasteiger partial charge in [0.1, 0.15) is 11.4 Å². The van der Waals surface area contributed by atoms with Crippen LogP contribution in [0.1, 0.15) is 10.4 Å². The molecule has 0 aliphatic carbocycles. The highest BCUT2D eigenvalue weighted by molar-refractivity contribution is 5.94.